The zero-order valence-electron chi connectivity index (χ0n) is 12.3. The van der Waals surface area contributed by atoms with Gasteiger partial charge in [-0.15, -0.1) is 0 Å². The second-order valence-corrected chi connectivity index (χ2v) is 5.60. The van der Waals surface area contributed by atoms with Gasteiger partial charge >= 0.3 is 11.6 Å². The molecule has 1 aromatic heterocycles. The quantitative estimate of drug-likeness (QED) is 0.736. The van der Waals surface area contributed by atoms with E-state index in [2.05, 4.69) is 4.98 Å². The minimum absolute atomic E-state index is 0.0713. The maximum absolute atomic E-state index is 14.3. The smallest absolute Gasteiger partial charge is 0.351 e. The van der Waals surface area contributed by atoms with E-state index in [1.807, 2.05) is 4.90 Å². The Bertz CT molecular complexity index is 620. The normalized spacial score (nSPS) is 31.3. The van der Waals surface area contributed by atoms with Crippen LogP contribution in [-0.4, -0.2) is 70.5 Å². The molecule has 0 aromatic carbocycles. The second kappa shape index (κ2) is 6.11. The zero-order chi connectivity index (χ0) is 16.6. The first-order valence-corrected chi connectivity index (χ1v) is 7.25. The molecule has 0 amide bonds. The molecule has 3 N–H and O–H groups in total. The molecule has 0 unspecified atom stereocenters. The minimum Gasteiger partial charge on any atom is -0.384 e. The van der Waals surface area contributed by atoms with Gasteiger partial charge in [0.1, 0.15) is 18.0 Å². The molecule has 23 heavy (non-hydrogen) atoms. The van der Waals surface area contributed by atoms with Gasteiger partial charge in [0, 0.05) is 25.8 Å². The van der Waals surface area contributed by atoms with E-state index < -0.39 is 30.0 Å². The Morgan fingerprint density at radius 1 is 1.43 bits per heavy atom. The van der Waals surface area contributed by atoms with Crippen molar-refractivity contribution in [2.75, 3.05) is 38.6 Å². The standard InChI is InChI=1S/C13H18F2N4O4/c14-13(15)10(20)8(7-18-3-5-22-6-4-18)23-11(13)19-2-1-9(16)17-12(19)21/h1-2,8,10-11,20H,3-7H2,(H2,16,17,21)/t8-,10-,11-/m1/s1. The average Bonchev–Trinajstić information content (AvgIpc) is 2.72. The maximum atomic E-state index is 14.3. The second-order valence-electron chi connectivity index (χ2n) is 5.60. The summed E-state index contributed by atoms with van der Waals surface area (Å²) in [7, 11) is 0. The molecule has 2 saturated heterocycles. The highest BCUT2D eigenvalue weighted by Gasteiger charge is 2.59. The summed E-state index contributed by atoms with van der Waals surface area (Å²) in [4.78, 5) is 17.1. The van der Waals surface area contributed by atoms with Gasteiger partial charge in [-0.3, -0.25) is 9.47 Å². The average molecular weight is 332 g/mol. The lowest BCUT2D eigenvalue weighted by molar-refractivity contribution is -0.140. The van der Waals surface area contributed by atoms with Gasteiger partial charge in [0.15, 0.2) is 0 Å². The molecule has 128 valence electrons. The number of hydrogen-bond acceptors (Lipinski definition) is 7. The molecule has 1 aromatic rings. The first-order valence-electron chi connectivity index (χ1n) is 7.25. The van der Waals surface area contributed by atoms with E-state index in [1.54, 1.807) is 0 Å². The molecule has 0 radical (unpaired) electrons. The monoisotopic (exact) mass is 332 g/mol. The Kier molecular flexibility index (Phi) is 4.32. The summed E-state index contributed by atoms with van der Waals surface area (Å²) >= 11 is 0. The summed E-state index contributed by atoms with van der Waals surface area (Å²) in [5.41, 5.74) is 4.40. The van der Waals surface area contributed by atoms with Crippen molar-refractivity contribution >= 4 is 5.82 Å². The molecule has 2 fully saturated rings. The van der Waals surface area contributed by atoms with Crippen LogP contribution in [0.1, 0.15) is 6.23 Å². The number of morpholine rings is 1. The van der Waals surface area contributed by atoms with Crippen LogP contribution in [0, 0.1) is 0 Å². The number of aliphatic hydroxyl groups excluding tert-OH is 1. The number of nitrogens with two attached hydrogens (primary N) is 1. The Morgan fingerprint density at radius 3 is 2.78 bits per heavy atom. The van der Waals surface area contributed by atoms with Gasteiger partial charge < -0.3 is 20.3 Å². The Morgan fingerprint density at radius 2 is 2.13 bits per heavy atom. The summed E-state index contributed by atoms with van der Waals surface area (Å²) in [5.74, 6) is -3.68. The number of alkyl halides is 2. The molecule has 3 heterocycles. The third-order valence-corrected chi connectivity index (χ3v) is 4.03. The Hall–Kier alpha value is -1.62. The van der Waals surface area contributed by atoms with Crippen molar-refractivity contribution in [1.82, 2.24) is 14.5 Å². The lowest BCUT2D eigenvalue weighted by Crippen LogP contribution is -2.46. The number of nitrogen functional groups attached to an aromatic ring is 1. The summed E-state index contributed by atoms with van der Waals surface area (Å²) < 4.78 is 39.8. The summed E-state index contributed by atoms with van der Waals surface area (Å²) in [6.45, 7) is 2.29. The van der Waals surface area contributed by atoms with E-state index >= 15 is 0 Å². The Balaban J connectivity index is 1.80. The number of nitrogens with zero attached hydrogens (tertiary/aromatic N) is 3. The molecule has 3 atom stereocenters. The van der Waals surface area contributed by atoms with Crippen LogP contribution in [0.25, 0.3) is 0 Å². The molecule has 0 aliphatic carbocycles. The van der Waals surface area contributed by atoms with Crippen molar-refractivity contribution in [3.63, 3.8) is 0 Å². The molecule has 8 nitrogen and oxygen atoms in total. The number of halogens is 2. The van der Waals surface area contributed by atoms with E-state index in [4.69, 9.17) is 15.2 Å². The van der Waals surface area contributed by atoms with Gasteiger partial charge in [-0.2, -0.15) is 13.8 Å². The van der Waals surface area contributed by atoms with Crippen LogP contribution >= 0.6 is 0 Å². The maximum Gasteiger partial charge on any atom is 0.351 e. The van der Waals surface area contributed by atoms with Crippen LogP contribution in [0.4, 0.5) is 14.6 Å². The van der Waals surface area contributed by atoms with E-state index in [-0.39, 0.29) is 12.4 Å². The third kappa shape index (κ3) is 3.07. The number of ether oxygens (including phenoxy) is 2. The van der Waals surface area contributed by atoms with Crippen LogP contribution in [0.2, 0.25) is 0 Å². The predicted molar refractivity (Wildman–Crippen MR) is 75.0 cm³/mol. The lowest BCUT2D eigenvalue weighted by Gasteiger charge is -2.29. The molecule has 10 heteroatoms. The van der Waals surface area contributed by atoms with E-state index in [9.17, 15) is 18.7 Å². The first-order chi connectivity index (χ1) is 10.9. The van der Waals surface area contributed by atoms with Crippen LogP contribution in [0.3, 0.4) is 0 Å². The largest absolute Gasteiger partial charge is 0.384 e. The van der Waals surface area contributed by atoms with Crippen molar-refractivity contribution in [3.8, 4) is 0 Å². The summed E-state index contributed by atoms with van der Waals surface area (Å²) in [5, 5.41) is 9.93. The van der Waals surface area contributed by atoms with Crippen LogP contribution < -0.4 is 11.4 Å². The van der Waals surface area contributed by atoms with Gasteiger partial charge in [-0.25, -0.2) is 4.79 Å². The fourth-order valence-electron chi connectivity index (χ4n) is 2.76. The van der Waals surface area contributed by atoms with Crippen molar-refractivity contribution in [1.29, 1.82) is 0 Å². The van der Waals surface area contributed by atoms with Crippen molar-refractivity contribution in [3.05, 3.63) is 22.7 Å². The van der Waals surface area contributed by atoms with Gasteiger partial charge in [0.2, 0.25) is 6.23 Å². The lowest BCUT2D eigenvalue weighted by atomic mass is 10.1. The van der Waals surface area contributed by atoms with Crippen LogP contribution in [-0.2, 0) is 9.47 Å². The molecule has 0 saturated carbocycles. The highest BCUT2D eigenvalue weighted by Crippen LogP contribution is 2.42. The first kappa shape index (κ1) is 16.2. The van der Waals surface area contributed by atoms with E-state index in [0.29, 0.717) is 30.9 Å². The molecule has 2 aliphatic rings. The Labute approximate surface area is 130 Å². The van der Waals surface area contributed by atoms with Crippen molar-refractivity contribution in [2.24, 2.45) is 0 Å². The highest BCUT2D eigenvalue weighted by atomic mass is 19.3. The number of hydrogen-bond donors (Lipinski definition) is 2. The number of rotatable bonds is 3. The van der Waals surface area contributed by atoms with Crippen LogP contribution in [0.5, 0.6) is 0 Å². The predicted octanol–water partition coefficient (Wildman–Crippen LogP) is -0.949. The van der Waals surface area contributed by atoms with E-state index in [1.165, 1.54) is 6.07 Å². The third-order valence-electron chi connectivity index (χ3n) is 4.03. The van der Waals surface area contributed by atoms with Crippen LogP contribution in [0.15, 0.2) is 17.1 Å². The summed E-state index contributed by atoms with van der Waals surface area (Å²) in [6, 6.07) is 1.22. The van der Waals surface area contributed by atoms with E-state index in [0.717, 1.165) is 6.20 Å². The van der Waals surface area contributed by atoms with Crippen molar-refractivity contribution < 1.29 is 23.4 Å². The van der Waals surface area contributed by atoms with Gasteiger partial charge in [0.25, 0.3) is 0 Å². The summed E-state index contributed by atoms with van der Waals surface area (Å²) in [6.07, 6.45) is -3.95. The SMILES string of the molecule is Nc1ccn([C@@H]2O[C@H](CN3CCOCC3)[C@@H](O)C2(F)F)c(=O)n1. The fourth-order valence-corrected chi connectivity index (χ4v) is 2.76. The molecule has 3 rings (SSSR count). The van der Waals surface area contributed by atoms with Gasteiger partial charge in [0.05, 0.1) is 13.2 Å². The number of anilines is 1. The molecule has 0 bridgehead atoms. The highest BCUT2D eigenvalue weighted by molar-refractivity contribution is 5.23. The van der Waals surface area contributed by atoms with Crippen molar-refractivity contribution in [2.45, 2.75) is 24.4 Å². The minimum atomic E-state index is -3.61. The number of aromatic nitrogens is 2. The zero-order valence-corrected chi connectivity index (χ0v) is 12.3. The fraction of sp³-hybridized carbons (Fsp3) is 0.692. The molecule has 2 aliphatic heterocycles. The molecular weight excluding hydrogens is 314 g/mol. The van der Waals surface area contributed by atoms with Gasteiger partial charge in [-0.1, -0.05) is 0 Å². The molecular formula is C13H18F2N4O4. The molecule has 0 spiro atoms. The topological polar surface area (TPSA) is 103 Å². The van der Waals surface area contributed by atoms with Gasteiger partial charge in [-0.05, 0) is 6.07 Å². The number of aliphatic hydroxyl groups is 1.